The standard InChI is InChI=1S/C23H26ClN5O4S2/c1-16-5-10-19(35(31,32)29-11-3-2-4-12-29)13-20(16)25-22(30)15-34-23-26-21(27-28-23)14-33-18-8-6-17(24)7-9-18/h5-10,13H,2-4,11-12,14-15H2,1H3,(H,25,30)(H,26,27,28). The number of sulfonamides is 1. The number of hydrogen-bond acceptors (Lipinski definition) is 7. The molecule has 0 unspecified atom stereocenters. The van der Waals surface area contributed by atoms with E-state index in [9.17, 15) is 13.2 Å². The molecule has 1 aliphatic rings. The van der Waals surface area contributed by atoms with Gasteiger partial charge in [0.15, 0.2) is 5.82 Å². The van der Waals surface area contributed by atoms with Crippen molar-refractivity contribution in [3.63, 3.8) is 0 Å². The Morgan fingerprint density at radius 3 is 2.66 bits per heavy atom. The third kappa shape index (κ3) is 6.75. The second kappa shape index (κ2) is 11.4. The minimum absolute atomic E-state index is 0.0673. The number of aromatic nitrogens is 3. The lowest BCUT2D eigenvalue weighted by Gasteiger charge is -2.26. The highest BCUT2D eigenvalue weighted by atomic mass is 35.5. The van der Waals surface area contributed by atoms with Crippen molar-refractivity contribution >= 4 is 45.0 Å². The van der Waals surface area contributed by atoms with Crippen molar-refractivity contribution in [3.05, 3.63) is 58.9 Å². The molecule has 1 fully saturated rings. The Morgan fingerprint density at radius 2 is 1.91 bits per heavy atom. The Hall–Kier alpha value is -2.60. The largest absolute Gasteiger partial charge is 0.486 e. The molecule has 4 rings (SSSR count). The molecule has 1 aromatic heterocycles. The normalized spacial score (nSPS) is 14.6. The molecule has 3 aromatic rings. The number of nitrogens with zero attached hydrogens (tertiary/aromatic N) is 3. The van der Waals surface area contributed by atoms with E-state index in [2.05, 4.69) is 20.5 Å². The van der Waals surface area contributed by atoms with Gasteiger partial charge in [-0.1, -0.05) is 35.9 Å². The molecule has 0 radical (unpaired) electrons. The molecular weight excluding hydrogens is 510 g/mol. The zero-order valence-electron chi connectivity index (χ0n) is 19.2. The summed E-state index contributed by atoms with van der Waals surface area (Å²) in [4.78, 5) is 17.1. The molecule has 1 amide bonds. The number of nitrogens with one attached hydrogen (secondary N) is 2. The number of ether oxygens (including phenoxy) is 1. The minimum Gasteiger partial charge on any atom is -0.486 e. The fourth-order valence-electron chi connectivity index (χ4n) is 3.56. The summed E-state index contributed by atoms with van der Waals surface area (Å²) in [5.41, 5.74) is 1.25. The molecular formula is C23H26ClN5O4S2. The number of carbonyl (C=O) groups excluding carboxylic acids is 1. The first-order valence-electron chi connectivity index (χ1n) is 11.1. The predicted molar refractivity (Wildman–Crippen MR) is 135 cm³/mol. The van der Waals surface area contributed by atoms with Crippen molar-refractivity contribution in [2.24, 2.45) is 0 Å². The Bertz CT molecular complexity index is 1280. The van der Waals surface area contributed by atoms with E-state index in [0.29, 0.717) is 40.5 Å². The van der Waals surface area contributed by atoms with Gasteiger partial charge in [-0.15, -0.1) is 5.10 Å². The molecule has 1 aliphatic heterocycles. The number of halogens is 1. The van der Waals surface area contributed by atoms with E-state index < -0.39 is 10.0 Å². The number of H-pyrrole nitrogens is 1. The lowest BCUT2D eigenvalue weighted by Crippen LogP contribution is -2.35. The van der Waals surface area contributed by atoms with Gasteiger partial charge in [-0.2, -0.15) is 4.31 Å². The van der Waals surface area contributed by atoms with E-state index in [-0.39, 0.29) is 23.2 Å². The minimum atomic E-state index is -3.58. The lowest BCUT2D eigenvalue weighted by atomic mass is 10.2. The van der Waals surface area contributed by atoms with E-state index in [1.54, 1.807) is 36.4 Å². The van der Waals surface area contributed by atoms with Gasteiger partial charge in [0, 0.05) is 23.8 Å². The molecule has 12 heteroatoms. The van der Waals surface area contributed by atoms with Crippen molar-refractivity contribution in [3.8, 4) is 5.75 Å². The summed E-state index contributed by atoms with van der Waals surface area (Å²) in [7, 11) is -3.58. The molecule has 2 heterocycles. The Morgan fingerprint density at radius 1 is 1.17 bits per heavy atom. The predicted octanol–water partition coefficient (Wildman–Crippen LogP) is 4.25. The fraction of sp³-hybridized carbons (Fsp3) is 0.348. The maximum absolute atomic E-state index is 13.0. The van der Waals surface area contributed by atoms with Crippen LogP contribution >= 0.6 is 23.4 Å². The number of aromatic amines is 1. The van der Waals surface area contributed by atoms with Gasteiger partial charge in [-0.05, 0) is 61.7 Å². The SMILES string of the molecule is Cc1ccc(S(=O)(=O)N2CCCCC2)cc1NC(=O)CSc1n[nH]c(COc2ccc(Cl)cc2)n1. The van der Waals surface area contributed by atoms with Gasteiger partial charge in [-0.25, -0.2) is 13.4 Å². The quantitative estimate of drug-likeness (QED) is 0.393. The van der Waals surface area contributed by atoms with Gasteiger partial charge in [0.2, 0.25) is 21.1 Å². The topological polar surface area (TPSA) is 117 Å². The Labute approximate surface area is 213 Å². The first-order valence-corrected chi connectivity index (χ1v) is 13.9. The second-order valence-corrected chi connectivity index (χ2v) is 11.4. The first-order chi connectivity index (χ1) is 16.8. The third-order valence-corrected chi connectivity index (χ3v) is 8.46. The highest BCUT2D eigenvalue weighted by Crippen LogP contribution is 2.25. The molecule has 186 valence electrons. The monoisotopic (exact) mass is 535 g/mol. The van der Waals surface area contributed by atoms with Crippen LogP contribution in [0.4, 0.5) is 5.69 Å². The van der Waals surface area contributed by atoms with Crippen LogP contribution in [0.1, 0.15) is 30.7 Å². The van der Waals surface area contributed by atoms with Crippen molar-refractivity contribution in [1.82, 2.24) is 19.5 Å². The van der Waals surface area contributed by atoms with Crippen LogP contribution in [0.3, 0.4) is 0 Å². The van der Waals surface area contributed by atoms with Gasteiger partial charge in [0.05, 0.1) is 10.6 Å². The van der Waals surface area contributed by atoms with Crippen molar-refractivity contribution in [1.29, 1.82) is 0 Å². The first kappa shape index (κ1) is 25.5. The van der Waals surface area contributed by atoms with Crippen LogP contribution in [-0.4, -0.2) is 52.7 Å². The molecule has 2 N–H and O–H groups in total. The molecule has 1 saturated heterocycles. The highest BCUT2D eigenvalue weighted by Gasteiger charge is 2.26. The molecule has 0 saturated carbocycles. The molecule has 2 aromatic carbocycles. The van der Waals surface area contributed by atoms with Gasteiger partial charge in [-0.3, -0.25) is 9.89 Å². The third-order valence-electron chi connectivity index (χ3n) is 5.47. The summed E-state index contributed by atoms with van der Waals surface area (Å²) in [6.07, 6.45) is 2.77. The van der Waals surface area contributed by atoms with E-state index in [1.165, 1.54) is 22.1 Å². The summed E-state index contributed by atoms with van der Waals surface area (Å²) < 4.78 is 33.1. The van der Waals surface area contributed by atoms with Gasteiger partial charge in [0.25, 0.3) is 0 Å². The van der Waals surface area contributed by atoms with Gasteiger partial charge in [0.1, 0.15) is 12.4 Å². The van der Waals surface area contributed by atoms with Crippen LogP contribution in [-0.2, 0) is 21.4 Å². The second-order valence-electron chi connectivity index (χ2n) is 8.09. The highest BCUT2D eigenvalue weighted by molar-refractivity contribution is 7.99. The zero-order chi connectivity index (χ0) is 24.8. The zero-order valence-corrected chi connectivity index (χ0v) is 21.5. The summed E-state index contributed by atoms with van der Waals surface area (Å²) >= 11 is 7.03. The summed E-state index contributed by atoms with van der Waals surface area (Å²) in [6, 6.07) is 11.8. The molecule has 35 heavy (non-hydrogen) atoms. The number of thioether (sulfide) groups is 1. The van der Waals surface area contributed by atoms with Crippen LogP contribution in [0.25, 0.3) is 0 Å². The lowest BCUT2D eigenvalue weighted by molar-refractivity contribution is -0.113. The number of benzene rings is 2. The van der Waals surface area contributed by atoms with Crippen LogP contribution in [0.15, 0.2) is 52.5 Å². The number of rotatable bonds is 9. The molecule has 9 nitrogen and oxygen atoms in total. The maximum atomic E-state index is 13.0. The number of amides is 1. The number of aryl methyl sites for hydroxylation is 1. The van der Waals surface area contributed by atoms with Crippen LogP contribution in [0.2, 0.25) is 5.02 Å². The van der Waals surface area contributed by atoms with E-state index in [1.807, 2.05) is 6.92 Å². The molecule has 0 bridgehead atoms. The van der Waals surface area contributed by atoms with E-state index in [0.717, 1.165) is 24.8 Å². The number of piperidine rings is 1. The summed E-state index contributed by atoms with van der Waals surface area (Å²) in [6.45, 7) is 3.07. The van der Waals surface area contributed by atoms with Crippen molar-refractivity contribution in [2.75, 3.05) is 24.2 Å². The summed E-state index contributed by atoms with van der Waals surface area (Å²) in [5.74, 6) is 0.959. The van der Waals surface area contributed by atoms with Crippen molar-refractivity contribution < 1.29 is 17.9 Å². The van der Waals surface area contributed by atoms with Crippen LogP contribution < -0.4 is 10.1 Å². The average molecular weight is 536 g/mol. The number of hydrogen-bond donors (Lipinski definition) is 2. The van der Waals surface area contributed by atoms with E-state index in [4.69, 9.17) is 16.3 Å². The number of anilines is 1. The Balaban J connectivity index is 1.32. The van der Waals surface area contributed by atoms with Crippen LogP contribution in [0, 0.1) is 6.92 Å². The fourth-order valence-corrected chi connectivity index (χ4v) is 5.84. The maximum Gasteiger partial charge on any atom is 0.243 e. The smallest absolute Gasteiger partial charge is 0.243 e. The van der Waals surface area contributed by atoms with E-state index >= 15 is 0 Å². The molecule has 0 atom stereocenters. The average Bonchev–Trinajstić information content (AvgIpc) is 3.32. The molecule has 0 aliphatic carbocycles. The molecule has 0 spiro atoms. The van der Waals surface area contributed by atoms with Crippen LogP contribution in [0.5, 0.6) is 5.75 Å². The Kier molecular flexibility index (Phi) is 8.32. The van der Waals surface area contributed by atoms with Gasteiger partial charge < -0.3 is 10.1 Å². The van der Waals surface area contributed by atoms with Gasteiger partial charge >= 0.3 is 0 Å². The summed E-state index contributed by atoms with van der Waals surface area (Å²) in [5, 5.41) is 10.7. The van der Waals surface area contributed by atoms with Crippen molar-refractivity contribution in [2.45, 2.75) is 42.8 Å². The number of carbonyl (C=O) groups is 1.